The molecule has 0 rings (SSSR count). The van der Waals surface area contributed by atoms with Crippen LogP contribution in [0.1, 0.15) is 72.1 Å². The summed E-state index contributed by atoms with van der Waals surface area (Å²) in [6.07, 6.45) is 11.2. The monoisotopic (exact) mass is 244 g/mol. The van der Waals surface area contributed by atoms with Crippen molar-refractivity contribution < 1.29 is 4.43 Å². The molecule has 0 fully saturated rings. The molecule has 0 saturated carbocycles. The van der Waals surface area contributed by atoms with Gasteiger partial charge in [0, 0.05) is 6.61 Å². The summed E-state index contributed by atoms with van der Waals surface area (Å²) in [4.78, 5) is 0. The van der Waals surface area contributed by atoms with Gasteiger partial charge in [0.1, 0.15) is 0 Å². The maximum absolute atomic E-state index is 5.94. The third kappa shape index (κ3) is 10.7. The number of unbranched alkanes of at least 4 members (excludes halogenated alkanes) is 6. The number of hydrogen-bond donors (Lipinski definition) is 0. The molecule has 0 heterocycles. The van der Waals surface area contributed by atoms with E-state index in [9.17, 15) is 0 Å². The summed E-state index contributed by atoms with van der Waals surface area (Å²) in [6.45, 7) is 7.65. The second-order valence-corrected chi connectivity index (χ2v) is 7.51. The smallest absolute Gasteiger partial charge is 0.176 e. The topological polar surface area (TPSA) is 9.23 Å². The van der Waals surface area contributed by atoms with Crippen molar-refractivity contribution in [3.8, 4) is 0 Å². The highest BCUT2D eigenvalue weighted by Crippen LogP contribution is 2.14. The van der Waals surface area contributed by atoms with E-state index in [0.29, 0.717) is 0 Å². The molecule has 0 atom stereocenters. The summed E-state index contributed by atoms with van der Waals surface area (Å²) < 4.78 is 5.94. The van der Waals surface area contributed by atoms with Gasteiger partial charge in [-0.05, 0) is 19.0 Å². The van der Waals surface area contributed by atoms with Crippen LogP contribution < -0.4 is 0 Å². The molecule has 0 unspecified atom stereocenters. The van der Waals surface area contributed by atoms with Crippen molar-refractivity contribution in [2.45, 2.75) is 84.2 Å². The zero-order chi connectivity index (χ0) is 12.1. The first-order valence-electron chi connectivity index (χ1n) is 7.46. The molecule has 0 radical (unpaired) electrons. The molecule has 2 heteroatoms. The van der Waals surface area contributed by atoms with Crippen molar-refractivity contribution in [1.82, 2.24) is 0 Å². The third-order valence-electron chi connectivity index (χ3n) is 3.16. The van der Waals surface area contributed by atoms with Gasteiger partial charge in [-0.15, -0.1) is 0 Å². The molecule has 0 aliphatic heterocycles. The highest BCUT2D eigenvalue weighted by molar-refractivity contribution is 6.51. The Morgan fingerprint density at radius 3 is 1.56 bits per heavy atom. The molecule has 98 valence electrons. The molecular weight excluding hydrogens is 212 g/mol. The molecule has 0 saturated heterocycles. The van der Waals surface area contributed by atoms with Crippen LogP contribution in [0.25, 0.3) is 0 Å². The van der Waals surface area contributed by atoms with Crippen LogP contribution in [0.4, 0.5) is 0 Å². The van der Waals surface area contributed by atoms with Gasteiger partial charge >= 0.3 is 0 Å². The van der Waals surface area contributed by atoms with Crippen LogP contribution in [0.3, 0.4) is 0 Å². The minimum atomic E-state index is -0.819. The largest absolute Gasteiger partial charge is 0.420 e. The molecule has 16 heavy (non-hydrogen) atoms. The second-order valence-electron chi connectivity index (χ2n) is 4.78. The van der Waals surface area contributed by atoms with E-state index in [1.165, 1.54) is 63.5 Å². The number of hydrogen-bond acceptors (Lipinski definition) is 1. The Morgan fingerprint density at radius 1 is 0.688 bits per heavy atom. The zero-order valence-electron chi connectivity index (χ0n) is 11.8. The quantitative estimate of drug-likeness (QED) is 0.350. The van der Waals surface area contributed by atoms with Crippen LogP contribution in [-0.4, -0.2) is 15.6 Å². The van der Waals surface area contributed by atoms with E-state index in [4.69, 9.17) is 4.43 Å². The first-order chi connectivity index (χ1) is 7.85. The van der Waals surface area contributed by atoms with E-state index in [0.717, 1.165) is 6.61 Å². The summed E-state index contributed by atoms with van der Waals surface area (Å²) in [5.41, 5.74) is 0. The lowest BCUT2D eigenvalue weighted by Gasteiger charge is -2.14. The summed E-state index contributed by atoms with van der Waals surface area (Å²) in [7, 11) is -0.819. The first-order valence-corrected chi connectivity index (χ1v) is 9.57. The molecule has 0 aromatic carbocycles. The van der Waals surface area contributed by atoms with Gasteiger partial charge in [0.15, 0.2) is 9.04 Å². The molecule has 0 N–H and O–H groups in total. The van der Waals surface area contributed by atoms with E-state index in [-0.39, 0.29) is 0 Å². The van der Waals surface area contributed by atoms with E-state index in [1.54, 1.807) is 0 Å². The highest BCUT2D eigenvalue weighted by atomic mass is 28.3. The maximum Gasteiger partial charge on any atom is 0.176 e. The molecule has 1 nitrogen and oxygen atoms in total. The van der Waals surface area contributed by atoms with E-state index < -0.39 is 9.04 Å². The fraction of sp³-hybridized carbons (Fsp3) is 1.00. The highest BCUT2D eigenvalue weighted by Gasteiger charge is 2.10. The van der Waals surface area contributed by atoms with Crippen molar-refractivity contribution in [3.63, 3.8) is 0 Å². The predicted molar refractivity (Wildman–Crippen MR) is 76.7 cm³/mol. The molecule has 0 aromatic heterocycles. The van der Waals surface area contributed by atoms with E-state index in [1.807, 2.05) is 0 Å². The Labute approximate surface area is 105 Å². The lowest BCUT2D eigenvalue weighted by Crippen LogP contribution is -2.17. The average Bonchev–Trinajstić information content (AvgIpc) is 2.30. The molecule has 0 aliphatic carbocycles. The van der Waals surface area contributed by atoms with Gasteiger partial charge in [0.25, 0.3) is 0 Å². The van der Waals surface area contributed by atoms with Gasteiger partial charge in [-0.2, -0.15) is 0 Å². The standard InChI is InChI=1S/C14H32OSi/c1-4-7-9-11-13-16(15-6-3)14-12-10-8-5-2/h16H,4-14H2,1-3H3. The second kappa shape index (κ2) is 13.2. The normalized spacial score (nSPS) is 11.2. The Kier molecular flexibility index (Phi) is 13.4. The van der Waals surface area contributed by atoms with Crippen molar-refractivity contribution in [1.29, 1.82) is 0 Å². The summed E-state index contributed by atoms with van der Waals surface area (Å²) in [6, 6.07) is 2.83. The SMILES string of the molecule is CCCCCC[SiH](CCCCCC)OCC. The van der Waals surface area contributed by atoms with Gasteiger partial charge in [-0.25, -0.2) is 0 Å². The zero-order valence-corrected chi connectivity index (χ0v) is 12.9. The Morgan fingerprint density at radius 2 is 1.19 bits per heavy atom. The average molecular weight is 244 g/mol. The lowest BCUT2D eigenvalue weighted by atomic mass is 10.2. The van der Waals surface area contributed by atoms with Gasteiger partial charge in [-0.1, -0.05) is 65.2 Å². The molecule has 0 amide bonds. The summed E-state index contributed by atoms with van der Waals surface area (Å²) in [5.74, 6) is 0. The fourth-order valence-electron chi connectivity index (χ4n) is 2.14. The summed E-state index contributed by atoms with van der Waals surface area (Å²) in [5, 5.41) is 0. The Balaban J connectivity index is 3.45. The minimum absolute atomic E-state index is 0.819. The summed E-state index contributed by atoms with van der Waals surface area (Å²) >= 11 is 0. The van der Waals surface area contributed by atoms with Gasteiger partial charge in [-0.3, -0.25) is 0 Å². The molecule has 0 aromatic rings. The Hall–Kier alpha value is 0.177. The van der Waals surface area contributed by atoms with Crippen molar-refractivity contribution in [2.75, 3.05) is 6.61 Å². The predicted octanol–water partition coefficient (Wildman–Crippen LogP) is 4.91. The van der Waals surface area contributed by atoms with Gasteiger partial charge < -0.3 is 4.43 Å². The van der Waals surface area contributed by atoms with Crippen LogP contribution in [0.5, 0.6) is 0 Å². The lowest BCUT2D eigenvalue weighted by molar-refractivity contribution is 0.338. The van der Waals surface area contributed by atoms with E-state index in [2.05, 4.69) is 20.8 Å². The van der Waals surface area contributed by atoms with Crippen LogP contribution in [0.2, 0.25) is 12.1 Å². The maximum atomic E-state index is 5.94. The number of rotatable bonds is 12. The van der Waals surface area contributed by atoms with Gasteiger partial charge in [0.05, 0.1) is 0 Å². The molecule has 0 bridgehead atoms. The van der Waals surface area contributed by atoms with Gasteiger partial charge in [0.2, 0.25) is 0 Å². The molecule has 0 spiro atoms. The van der Waals surface area contributed by atoms with Crippen LogP contribution in [-0.2, 0) is 4.43 Å². The Bertz CT molecular complexity index is 116. The van der Waals surface area contributed by atoms with Crippen molar-refractivity contribution in [2.24, 2.45) is 0 Å². The first kappa shape index (κ1) is 16.2. The van der Waals surface area contributed by atoms with Crippen LogP contribution >= 0.6 is 0 Å². The molecular formula is C14H32OSi. The van der Waals surface area contributed by atoms with E-state index >= 15 is 0 Å². The van der Waals surface area contributed by atoms with Crippen molar-refractivity contribution in [3.05, 3.63) is 0 Å². The minimum Gasteiger partial charge on any atom is -0.420 e. The molecule has 0 aliphatic rings. The van der Waals surface area contributed by atoms with Crippen LogP contribution in [0.15, 0.2) is 0 Å². The van der Waals surface area contributed by atoms with Crippen LogP contribution in [0, 0.1) is 0 Å². The van der Waals surface area contributed by atoms with Crippen molar-refractivity contribution >= 4 is 9.04 Å². The third-order valence-corrected chi connectivity index (χ3v) is 6.07. The fourth-order valence-corrected chi connectivity index (χ4v) is 4.73.